The number of nitrogens with zero attached hydrogens (tertiary/aromatic N) is 1. The molecule has 1 aromatic rings. The molecule has 0 saturated heterocycles. The lowest BCUT2D eigenvalue weighted by molar-refractivity contribution is 0.356. The van der Waals surface area contributed by atoms with Crippen molar-refractivity contribution in [1.82, 2.24) is 0 Å². The van der Waals surface area contributed by atoms with Gasteiger partial charge in [-0.15, -0.1) is 0 Å². The van der Waals surface area contributed by atoms with Crippen molar-refractivity contribution in [3.8, 4) is 5.75 Å². The predicted molar refractivity (Wildman–Crippen MR) is 47.5 cm³/mol. The molecule has 1 aliphatic rings. The van der Waals surface area contributed by atoms with Gasteiger partial charge in [-0.05, 0) is 17.2 Å². The van der Waals surface area contributed by atoms with E-state index in [9.17, 15) is 4.79 Å². The molecule has 2 rings (SSSR count). The minimum absolute atomic E-state index is 0.389. The van der Waals surface area contributed by atoms with Crippen LogP contribution in [0.2, 0.25) is 0 Å². The van der Waals surface area contributed by atoms with E-state index in [0.29, 0.717) is 6.54 Å². The van der Waals surface area contributed by atoms with E-state index in [-0.39, 0.29) is 0 Å². The summed E-state index contributed by atoms with van der Waals surface area (Å²) in [7, 11) is 0. The van der Waals surface area contributed by atoms with Crippen molar-refractivity contribution >= 4 is 6.08 Å². The van der Waals surface area contributed by atoms with Gasteiger partial charge in [-0.1, -0.05) is 12.1 Å². The second-order valence-corrected chi connectivity index (χ2v) is 2.95. The number of rotatable bonds is 2. The van der Waals surface area contributed by atoms with Crippen LogP contribution in [0.25, 0.3) is 0 Å². The second kappa shape index (κ2) is 3.42. The fourth-order valence-electron chi connectivity index (χ4n) is 1.43. The van der Waals surface area contributed by atoms with Gasteiger partial charge in [-0.25, -0.2) is 9.79 Å². The molecule has 0 atom stereocenters. The number of benzene rings is 1. The predicted octanol–water partition coefficient (Wildman–Crippen LogP) is 1.46. The van der Waals surface area contributed by atoms with Gasteiger partial charge < -0.3 is 4.74 Å². The highest BCUT2D eigenvalue weighted by Gasteiger charge is 2.11. The Morgan fingerprint density at radius 1 is 1.54 bits per heavy atom. The average Bonchev–Trinajstić information content (AvgIpc) is 2.61. The third-order valence-corrected chi connectivity index (χ3v) is 2.09. The van der Waals surface area contributed by atoms with E-state index in [2.05, 4.69) is 4.99 Å². The lowest BCUT2D eigenvalue weighted by Gasteiger charge is -2.00. The van der Waals surface area contributed by atoms with Crippen molar-refractivity contribution in [2.45, 2.75) is 13.0 Å². The van der Waals surface area contributed by atoms with Gasteiger partial charge in [0.2, 0.25) is 6.08 Å². The van der Waals surface area contributed by atoms with Crippen LogP contribution in [0, 0.1) is 0 Å². The Morgan fingerprint density at radius 3 is 3.31 bits per heavy atom. The summed E-state index contributed by atoms with van der Waals surface area (Å²) >= 11 is 0. The zero-order valence-electron chi connectivity index (χ0n) is 7.12. The van der Waals surface area contributed by atoms with Gasteiger partial charge in [-0.3, -0.25) is 0 Å². The van der Waals surface area contributed by atoms with E-state index in [1.165, 1.54) is 11.6 Å². The maximum atomic E-state index is 9.89. The molecule has 1 aromatic carbocycles. The first-order chi connectivity index (χ1) is 6.40. The van der Waals surface area contributed by atoms with Crippen LogP contribution in [-0.4, -0.2) is 12.7 Å². The molecule has 1 aliphatic heterocycles. The fourth-order valence-corrected chi connectivity index (χ4v) is 1.43. The van der Waals surface area contributed by atoms with Gasteiger partial charge in [0.05, 0.1) is 13.2 Å². The highest BCUT2D eigenvalue weighted by molar-refractivity contribution is 5.41. The normalized spacial score (nSPS) is 12.9. The lowest BCUT2D eigenvalue weighted by atomic mass is 10.1. The molecule has 13 heavy (non-hydrogen) atoms. The Kier molecular flexibility index (Phi) is 2.11. The smallest absolute Gasteiger partial charge is 0.235 e. The number of aliphatic imine (C=N–C) groups is 1. The Morgan fingerprint density at radius 2 is 2.46 bits per heavy atom. The molecule has 0 N–H and O–H groups in total. The maximum absolute atomic E-state index is 9.89. The monoisotopic (exact) mass is 175 g/mol. The summed E-state index contributed by atoms with van der Waals surface area (Å²) in [5.41, 5.74) is 2.22. The number of ether oxygens (including phenoxy) is 1. The molecule has 0 unspecified atom stereocenters. The Hall–Kier alpha value is -1.60. The van der Waals surface area contributed by atoms with Crippen molar-refractivity contribution in [2.24, 2.45) is 4.99 Å². The molecule has 3 nitrogen and oxygen atoms in total. The minimum Gasteiger partial charge on any atom is -0.493 e. The average molecular weight is 175 g/mol. The van der Waals surface area contributed by atoms with E-state index in [1.807, 2.05) is 18.2 Å². The van der Waals surface area contributed by atoms with Crippen molar-refractivity contribution in [3.05, 3.63) is 29.3 Å². The SMILES string of the molecule is O=C=NCc1ccc2c(c1)OCC2. The lowest BCUT2D eigenvalue weighted by Crippen LogP contribution is -1.86. The van der Waals surface area contributed by atoms with Crippen molar-refractivity contribution in [2.75, 3.05) is 6.61 Å². The first-order valence-corrected chi connectivity index (χ1v) is 4.18. The Bertz CT molecular complexity index is 367. The molecule has 0 aliphatic carbocycles. The summed E-state index contributed by atoms with van der Waals surface area (Å²) in [5, 5.41) is 0. The first kappa shape index (κ1) is 8.02. The van der Waals surface area contributed by atoms with Gasteiger partial charge >= 0.3 is 0 Å². The van der Waals surface area contributed by atoms with Gasteiger partial charge in [0.15, 0.2) is 0 Å². The minimum atomic E-state index is 0.389. The number of hydrogen-bond acceptors (Lipinski definition) is 3. The van der Waals surface area contributed by atoms with E-state index in [4.69, 9.17) is 4.74 Å². The fraction of sp³-hybridized carbons (Fsp3) is 0.300. The second-order valence-electron chi connectivity index (χ2n) is 2.95. The van der Waals surface area contributed by atoms with Crippen LogP contribution in [0.1, 0.15) is 11.1 Å². The Labute approximate surface area is 76.1 Å². The van der Waals surface area contributed by atoms with E-state index < -0.39 is 0 Å². The van der Waals surface area contributed by atoms with E-state index in [0.717, 1.165) is 24.3 Å². The van der Waals surface area contributed by atoms with Gasteiger partial charge in [0.25, 0.3) is 0 Å². The first-order valence-electron chi connectivity index (χ1n) is 4.18. The molecular formula is C10H9NO2. The van der Waals surface area contributed by atoms with Crippen molar-refractivity contribution < 1.29 is 9.53 Å². The maximum Gasteiger partial charge on any atom is 0.235 e. The third-order valence-electron chi connectivity index (χ3n) is 2.09. The van der Waals surface area contributed by atoms with Gasteiger partial charge in [0, 0.05) is 6.42 Å². The van der Waals surface area contributed by atoms with E-state index >= 15 is 0 Å². The molecule has 66 valence electrons. The van der Waals surface area contributed by atoms with Crippen molar-refractivity contribution in [1.29, 1.82) is 0 Å². The molecule has 0 fully saturated rings. The number of hydrogen-bond donors (Lipinski definition) is 0. The van der Waals surface area contributed by atoms with Gasteiger partial charge in [0.1, 0.15) is 5.75 Å². The molecule has 0 bridgehead atoms. The standard InChI is InChI=1S/C10H9NO2/c12-7-11-6-8-1-2-9-3-4-13-10(9)5-8/h1-2,5H,3-4,6H2. The summed E-state index contributed by atoms with van der Waals surface area (Å²) < 4.78 is 5.38. The summed E-state index contributed by atoms with van der Waals surface area (Å²) in [6.45, 7) is 1.15. The molecule has 0 aromatic heterocycles. The molecule has 0 saturated carbocycles. The van der Waals surface area contributed by atoms with Crippen LogP contribution in [0.15, 0.2) is 23.2 Å². The van der Waals surface area contributed by atoms with Gasteiger partial charge in [-0.2, -0.15) is 0 Å². The molecule has 3 heteroatoms. The third kappa shape index (κ3) is 1.60. The highest BCUT2D eigenvalue weighted by Crippen LogP contribution is 2.26. The van der Waals surface area contributed by atoms with Crippen LogP contribution in [0.4, 0.5) is 0 Å². The number of isocyanates is 1. The summed E-state index contributed by atoms with van der Waals surface area (Å²) in [4.78, 5) is 13.4. The van der Waals surface area contributed by atoms with E-state index in [1.54, 1.807) is 0 Å². The molecule has 0 radical (unpaired) electrons. The summed E-state index contributed by atoms with van der Waals surface area (Å²) in [5.74, 6) is 0.929. The van der Waals surface area contributed by atoms with Crippen LogP contribution in [0.3, 0.4) is 0 Å². The molecule has 0 spiro atoms. The van der Waals surface area contributed by atoms with Crippen LogP contribution in [-0.2, 0) is 17.8 Å². The molecule has 0 amide bonds. The topological polar surface area (TPSA) is 38.7 Å². The van der Waals surface area contributed by atoms with Crippen LogP contribution in [0.5, 0.6) is 5.75 Å². The van der Waals surface area contributed by atoms with Crippen molar-refractivity contribution in [3.63, 3.8) is 0 Å². The molecular weight excluding hydrogens is 166 g/mol. The zero-order chi connectivity index (χ0) is 9.10. The zero-order valence-corrected chi connectivity index (χ0v) is 7.12. The summed E-state index contributed by atoms with van der Waals surface area (Å²) in [6.07, 6.45) is 2.50. The Balaban J connectivity index is 2.25. The van der Waals surface area contributed by atoms with Crippen LogP contribution >= 0.6 is 0 Å². The van der Waals surface area contributed by atoms with Crippen LogP contribution < -0.4 is 4.74 Å². The number of carbonyl (C=O) groups excluding carboxylic acids is 1. The molecule has 1 heterocycles. The quantitative estimate of drug-likeness (QED) is 0.504. The summed E-state index contributed by atoms with van der Waals surface area (Å²) in [6, 6.07) is 5.93. The highest BCUT2D eigenvalue weighted by atomic mass is 16.5. The number of fused-ring (bicyclic) bond motifs is 1. The largest absolute Gasteiger partial charge is 0.493 e.